The second-order valence-corrected chi connectivity index (χ2v) is 6.96. The Labute approximate surface area is 137 Å². The molecule has 23 heavy (non-hydrogen) atoms. The molecule has 0 aliphatic carbocycles. The van der Waals surface area contributed by atoms with E-state index in [0.29, 0.717) is 0 Å². The van der Waals surface area contributed by atoms with Gasteiger partial charge in [-0.2, -0.15) is 0 Å². The molecule has 1 aliphatic rings. The molecule has 108 valence electrons. The molecule has 0 bridgehead atoms. The van der Waals surface area contributed by atoms with Crippen molar-refractivity contribution in [3.8, 4) is 5.69 Å². The fraction of sp³-hybridized carbons (Fsp3) is 0.143. The minimum atomic E-state index is -0.0609. The quantitative estimate of drug-likeness (QED) is 0.428. The number of fused-ring (bicyclic) bond motifs is 5. The molecule has 4 aromatic rings. The van der Waals surface area contributed by atoms with E-state index < -0.39 is 0 Å². The van der Waals surface area contributed by atoms with Crippen LogP contribution in [-0.4, -0.2) is 12.4 Å². The lowest BCUT2D eigenvalue weighted by molar-refractivity contribution is 0.631. The van der Waals surface area contributed by atoms with Crippen LogP contribution in [0.4, 0.5) is 0 Å². The van der Waals surface area contributed by atoms with Gasteiger partial charge in [-0.05, 0) is 23.3 Å². The van der Waals surface area contributed by atoms with Gasteiger partial charge in [0, 0.05) is 16.2 Å². The smallest absolute Gasteiger partial charge is 0.113 e. The zero-order valence-corrected chi connectivity index (χ0v) is 13.3. The molecule has 0 amide bonds. The van der Waals surface area contributed by atoms with Gasteiger partial charge < -0.3 is 4.57 Å². The Morgan fingerprint density at radius 3 is 2.48 bits per heavy atom. The van der Waals surface area contributed by atoms with Crippen molar-refractivity contribution in [2.75, 3.05) is 0 Å². The monoisotopic (exact) mass is 293 g/mol. The summed E-state index contributed by atoms with van der Waals surface area (Å²) in [6.07, 6.45) is 0. The molecular formula is C21H16BN. The van der Waals surface area contributed by atoms with Crippen LogP contribution < -0.4 is 5.46 Å². The van der Waals surface area contributed by atoms with Gasteiger partial charge in [0.15, 0.2) is 0 Å². The molecule has 0 saturated heterocycles. The average Bonchev–Trinajstić information content (AvgIpc) is 2.89. The van der Waals surface area contributed by atoms with Gasteiger partial charge in [0.05, 0.1) is 16.7 Å². The Morgan fingerprint density at radius 2 is 1.61 bits per heavy atom. The third-order valence-corrected chi connectivity index (χ3v) is 5.30. The van der Waals surface area contributed by atoms with Gasteiger partial charge in [-0.3, -0.25) is 0 Å². The Hall–Kier alpha value is -2.48. The first-order valence-electron chi connectivity index (χ1n) is 8.02. The maximum absolute atomic E-state index is 6.10. The molecule has 1 aliphatic heterocycles. The van der Waals surface area contributed by atoms with E-state index in [1.54, 1.807) is 0 Å². The molecule has 2 heteroatoms. The highest BCUT2D eigenvalue weighted by Gasteiger charge is 2.34. The lowest BCUT2D eigenvalue weighted by Crippen LogP contribution is -2.28. The predicted octanol–water partition coefficient (Wildman–Crippen LogP) is 4.22. The molecule has 0 fully saturated rings. The largest absolute Gasteiger partial charge is 0.309 e. The van der Waals surface area contributed by atoms with E-state index in [2.05, 4.69) is 73.0 Å². The summed E-state index contributed by atoms with van der Waals surface area (Å²) in [5, 5.41) is 2.64. The average molecular weight is 293 g/mol. The molecule has 2 radical (unpaired) electrons. The lowest BCUT2D eigenvalue weighted by Gasteiger charge is -2.35. The first kappa shape index (κ1) is 13.0. The van der Waals surface area contributed by atoms with Gasteiger partial charge in [-0.25, -0.2) is 0 Å². The summed E-state index contributed by atoms with van der Waals surface area (Å²) >= 11 is 0. The molecule has 2 heterocycles. The van der Waals surface area contributed by atoms with E-state index in [1.807, 2.05) is 6.07 Å². The topological polar surface area (TPSA) is 4.93 Å². The number of aromatic nitrogens is 1. The first-order valence-corrected chi connectivity index (χ1v) is 8.02. The van der Waals surface area contributed by atoms with Crippen molar-refractivity contribution in [2.45, 2.75) is 19.3 Å². The molecule has 1 nitrogen and oxygen atoms in total. The van der Waals surface area contributed by atoms with Crippen LogP contribution in [0.1, 0.15) is 25.0 Å². The summed E-state index contributed by atoms with van der Waals surface area (Å²) in [6.45, 7) is 4.59. The van der Waals surface area contributed by atoms with E-state index in [0.717, 1.165) is 5.46 Å². The van der Waals surface area contributed by atoms with Crippen LogP contribution in [0.3, 0.4) is 0 Å². The van der Waals surface area contributed by atoms with Gasteiger partial charge >= 0.3 is 0 Å². The highest BCUT2D eigenvalue weighted by Crippen LogP contribution is 2.46. The summed E-state index contributed by atoms with van der Waals surface area (Å²) < 4.78 is 2.40. The molecule has 0 unspecified atom stereocenters. The second-order valence-electron chi connectivity index (χ2n) is 6.96. The van der Waals surface area contributed by atoms with Gasteiger partial charge in [0.2, 0.25) is 0 Å². The highest BCUT2D eigenvalue weighted by atomic mass is 15.0. The third kappa shape index (κ3) is 1.49. The second kappa shape index (κ2) is 4.08. The van der Waals surface area contributed by atoms with Crippen molar-refractivity contribution >= 4 is 35.1 Å². The fourth-order valence-electron chi connectivity index (χ4n) is 4.17. The number of para-hydroxylation sites is 2. The molecule has 0 atom stereocenters. The summed E-state index contributed by atoms with van der Waals surface area (Å²) in [6, 6.07) is 21.6. The Balaban J connectivity index is 2.12. The number of hydrogen-bond acceptors (Lipinski definition) is 0. The SMILES string of the molecule is [B]c1ccc2c(c1)C(C)(C)c1cccc3c4ccccc4n-2c13. The van der Waals surface area contributed by atoms with Gasteiger partial charge in [-0.1, -0.05) is 67.8 Å². The standard InChI is InChI=1S/C21H16BN/c1-21(2)16-8-5-7-15-14-6-3-4-9-18(14)23(20(15)16)19-11-10-13(22)12-17(19)21/h3-12H,1-2H3. The molecule has 0 saturated carbocycles. The molecule has 1 aromatic heterocycles. The maximum Gasteiger partial charge on any atom is 0.113 e. The van der Waals surface area contributed by atoms with E-state index in [9.17, 15) is 0 Å². The van der Waals surface area contributed by atoms with Crippen molar-refractivity contribution in [3.63, 3.8) is 0 Å². The number of hydrogen-bond donors (Lipinski definition) is 0. The number of nitrogens with zero attached hydrogens (tertiary/aromatic N) is 1. The van der Waals surface area contributed by atoms with Crippen molar-refractivity contribution < 1.29 is 0 Å². The van der Waals surface area contributed by atoms with E-state index in [4.69, 9.17) is 7.85 Å². The predicted molar refractivity (Wildman–Crippen MR) is 98.3 cm³/mol. The molecule has 5 rings (SSSR count). The first-order chi connectivity index (χ1) is 11.1. The van der Waals surface area contributed by atoms with Crippen LogP contribution in [0.2, 0.25) is 0 Å². The Morgan fingerprint density at radius 1 is 0.826 bits per heavy atom. The van der Waals surface area contributed by atoms with Crippen molar-refractivity contribution in [1.29, 1.82) is 0 Å². The minimum Gasteiger partial charge on any atom is -0.309 e. The Kier molecular flexibility index (Phi) is 2.31. The molecule has 3 aromatic carbocycles. The summed E-state index contributed by atoms with van der Waals surface area (Å²) in [4.78, 5) is 0. The third-order valence-electron chi connectivity index (χ3n) is 5.30. The maximum atomic E-state index is 6.10. The number of rotatable bonds is 0. The van der Waals surface area contributed by atoms with E-state index in [1.165, 1.54) is 38.6 Å². The van der Waals surface area contributed by atoms with Gasteiger partial charge in [-0.15, -0.1) is 0 Å². The van der Waals surface area contributed by atoms with Crippen molar-refractivity contribution in [3.05, 3.63) is 71.8 Å². The summed E-state index contributed by atoms with van der Waals surface area (Å²) in [7, 11) is 6.10. The fourth-order valence-corrected chi connectivity index (χ4v) is 4.17. The highest BCUT2D eigenvalue weighted by molar-refractivity contribution is 6.32. The van der Waals surface area contributed by atoms with Crippen LogP contribution in [0.15, 0.2) is 60.7 Å². The zero-order valence-electron chi connectivity index (χ0n) is 13.3. The van der Waals surface area contributed by atoms with Crippen LogP contribution >= 0.6 is 0 Å². The summed E-state index contributed by atoms with van der Waals surface area (Å²) in [5.74, 6) is 0. The van der Waals surface area contributed by atoms with Gasteiger partial charge in [0.1, 0.15) is 7.85 Å². The summed E-state index contributed by atoms with van der Waals surface area (Å²) in [5.41, 5.74) is 7.25. The normalized spacial score (nSPS) is 15.0. The molecule has 0 N–H and O–H groups in total. The van der Waals surface area contributed by atoms with Crippen molar-refractivity contribution in [2.24, 2.45) is 0 Å². The minimum absolute atomic E-state index is 0.0609. The Bertz CT molecular complexity index is 1100. The van der Waals surface area contributed by atoms with Gasteiger partial charge in [0.25, 0.3) is 0 Å². The molecular weight excluding hydrogens is 277 g/mol. The van der Waals surface area contributed by atoms with Crippen molar-refractivity contribution in [1.82, 2.24) is 4.57 Å². The van der Waals surface area contributed by atoms with E-state index >= 15 is 0 Å². The van der Waals surface area contributed by atoms with Crippen LogP contribution in [0, 0.1) is 0 Å². The number of benzene rings is 3. The van der Waals surface area contributed by atoms with E-state index in [-0.39, 0.29) is 5.41 Å². The van der Waals surface area contributed by atoms with Crippen LogP contribution in [-0.2, 0) is 5.41 Å². The zero-order chi connectivity index (χ0) is 15.8. The molecule has 0 spiro atoms. The van der Waals surface area contributed by atoms with Crippen LogP contribution in [0.5, 0.6) is 0 Å². The lowest BCUT2D eigenvalue weighted by atomic mass is 9.73. The van der Waals surface area contributed by atoms with Crippen LogP contribution in [0.25, 0.3) is 27.5 Å².